The quantitative estimate of drug-likeness (QED) is 0.799. The lowest BCUT2D eigenvalue weighted by atomic mass is 9.95. The molecular formula is C17H20N4. The lowest BCUT2D eigenvalue weighted by molar-refractivity contribution is 0.686. The molecule has 1 N–H and O–H groups in total. The van der Waals surface area contributed by atoms with E-state index in [9.17, 15) is 0 Å². The number of aromatic nitrogens is 3. The fourth-order valence-corrected chi connectivity index (χ4v) is 2.92. The minimum atomic E-state index is 0.104. The van der Waals surface area contributed by atoms with Gasteiger partial charge in [0.2, 0.25) is 0 Å². The van der Waals surface area contributed by atoms with Gasteiger partial charge in [0.05, 0.1) is 11.7 Å². The molecule has 0 spiro atoms. The second-order valence-corrected chi connectivity index (χ2v) is 5.23. The number of nitrogens with one attached hydrogen (secondary N) is 1. The highest BCUT2D eigenvalue weighted by Crippen LogP contribution is 2.29. The molecule has 0 aliphatic carbocycles. The largest absolute Gasteiger partial charge is 0.309 e. The Hall–Kier alpha value is -2.20. The minimum Gasteiger partial charge on any atom is -0.309 e. The third-order valence-corrected chi connectivity index (χ3v) is 3.88. The molecule has 3 rings (SSSR count). The molecule has 3 aromatic rings. The Morgan fingerprint density at radius 2 is 2.00 bits per heavy atom. The first-order chi connectivity index (χ1) is 10.2. The normalized spacial score (nSPS) is 12.7. The highest BCUT2D eigenvalue weighted by atomic mass is 15.3. The van der Waals surface area contributed by atoms with Crippen molar-refractivity contribution < 1.29 is 0 Å². The summed E-state index contributed by atoms with van der Waals surface area (Å²) >= 11 is 0. The van der Waals surface area contributed by atoms with Gasteiger partial charge in [-0.15, -0.1) is 0 Å². The van der Waals surface area contributed by atoms with Gasteiger partial charge in [0.25, 0.3) is 0 Å². The Labute approximate surface area is 124 Å². The highest BCUT2D eigenvalue weighted by Gasteiger charge is 2.20. The zero-order chi connectivity index (χ0) is 14.8. The van der Waals surface area contributed by atoms with Crippen LogP contribution in [0.3, 0.4) is 0 Å². The maximum Gasteiger partial charge on any atom is 0.0673 e. The second kappa shape index (κ2) is 5.66. The highest BCUT2D eigenvalue weighted by molar-refractivity contribution is 5.85. The van der Waals surface area contributed by atoms with Crippen molar-refractivity contribution in [1.29, 1.82) is 0 Å². The van der Waals surface area contributed by atoms with Crippen LogP contribution in [0.2, 0.25) is 0 Å². The van der Waals surface area contributed by atoms with Gasteiger partial charge in [0, 0.05) is 36.6 Å². The number of hydrogen-bond acceptors (Lipinski definition) is 3. The number of pyridine rings is 1. The predicted octanol–water partition coefficient (Wildman–Crippen LogP) is 2.84. The summed E-state index contributed by atoms with van der Waals surface area (Å²) in [7, 11) is 3.95. The first kappa shape index (κ1) is 13.8. The van der Waals surface area contributed by atoms with Crippen molar-refractivity contribution >= 4 is 10.8 Å². The monoisotopic (exact) mass is 280 g/mol. The molecule has 2 heterocycles. The van der Waals surface area contributed by atoms with Crippen LogP contribution in [-0.4, -0.2) is 21.8 Å². The number of nitrogens with zero attached hydrogens (tertiary/aromatic N) is 3. The zero-order valence-electron chi connectivity index (χ0n) is 12.7. The molecule has 0 bridgehead atoms. The van der Waals surface area contributed by atoms with E-state index in [1.807, 2.05) is 37.2 Å². The molecule has 0 saturated carbocycles. The van der Waals surface area contributed by atoms with Crippen molar-refractivity contribution in [3.63, 3.8) is 0 Å². The zero-order valence-corrected chi connectivity index (χ0v) is 12.7. The molecule has 1 unspecified atom stereocenters. The minimum absolute atomic E-state index is 0.104. The third kappa shape index (κ3) is 2.43. The van der Waals surface area contributed by atoms with Gasteiger partial charge in [-0.25, -0.2) is 0 Å². The lowest BCUT2D eigenvalue weighted by Gasteiger charge is -2.18. The average molecular weight is 280 g/mol. The molecule has 2 aromatic heterocycles. The second-order valence-electron chi connectivity index (χ2n) is 5.23. The topological polar surface area (TPSA) is 42.7 Å². The van der Waals surface area contributed by atoms with Gasteiger partial charge in [-0.1, -0.05) is 31.2 Å². The average Bonchev–Trinajstić information content (AvgIpc) is 2.89. The van der Waals surface area contributed by atoms with E-state index >= 15 is 0 Å². The van der Waals surface area contributed by atoms with Crippen molar-refractivity contribution in [3.05, 3.63) is 59.7 Å². The molecule has 0 fully saturated rings. The SMILES string of the molecule is CCc1nn(C)cc1C(NC)c1cncc2ccccc12. The number of benzene rings is 1. The molecule has 1 aromatic carbocycles. The van der Waals surface area contributed by atoms with Crippen molar-refractivity contribution in [2.45, 2.75) is 19.4 Å². The van der Waals surface area contributed by atoms with Gasteiger partial charge in [-0.2, -0.15) is 5.10 Å². The van der Waals surface area contributed by atoms with Gasteiger partial charge in [0.15, 0.2) is 0 Å². The van der Waals surface area contributed by atoms with E-state index in [0.29, 0.717) is 0 Å². The summed E-state index contributed by atoms with van der Waals surface area (Å²) < 4.78 is 1.89. The Morgan fingerprint density at radius 1 is 1.19 bits per heavy atom. The lowest BCUT2D eigenvalue weighted by Crippen LogP contribution is -2.19. The van der Waals surface area contributed by atoms with Crippen LogP contribution in [0.1, 0.15) is 29.8 Å². The third-order valence-electron chi connectivity index (χ3n) is 3.88. The fourth-order valence-electron chi connectivity index (χ4n) is 2.92. The number of rotatable bonds is 4. The summed E-state index contributed by atoms with van der Waals surface area (Å²) in [5.41, 5.74) is 3.55. The molecule has 4 heteroatoms. The summed E-state index contributed by atoms with van der Waals surface area (Å²) in [6.45, 7) is 2.14. The summed E-state index contributed by atoms with van der Waals surface area (Å²) in [4.78, 5) is 4.40. The van der Waals surface area contributed by atoms with Crippen LogP contribution in [0.25, 0.3) is 10.8 Å². The van der Waals surface area contributed by atoms with Crippen LogP contribution in [-0.2, 0) is 13.5 Å². The van der Waals surface area contributed by atoms with Gasteiger partial charge >= 0.3 is 0 Å². The molecule has 0 radical (unpaired) electrons. The molecule has 1 atom stereocenters. The van der Waals surface area contributed by atoms with E-state index < -0.39 is 0 Å². The van der Waals surface area contributed by atoms with Crippen LogP contribution in [0.5, 0.6) is 0 Å². The first-order valence-corrected chi connectivity index (χ1v) is 7.27. The van der Waals surface area contributed by atoms with Gasteiger partial charge in [0.1, 0.15) is 0 Å². The van der Waals surface area contributed by atoms with E-state index in [0.717, 1.165) is 17.5 Å². The van der Waals surface area contributed by atoms with E-state index in [4.69, 9.17) is 0 Å². The number of aryl methyl sites for hydroxylation is 2. The van der Waals surface area contributed by atoms with Gasteiger partial charge in [-0.05, 0) is 24.4 Å². The Morgan fingerprint density at radius 3 is 2.76 bits per heavy atom. The summed E-state index contributed by atoms with van der Waals surface area (Å²) in [6.07, 6.45) is 6.89. The summed E-state index contributed by atoms with van der Waals surface area (Å²) in [5, 5.41) is 10.4. The van der Waals surface area contributed by atoms with Crippen molar-refractivity contribution in [1.82, 2.24) is 20.1 Å². The molecule has 0 aliphatic rings. The first-order valence-electron chi connectivity index (χ1n) is 7.27. The van der Waals surface area contributed by atoms with E-state index in [2.05, 4.69) is 46.7 Å². The van der Waals surface area contributed by atoms with Crippen LogP contribution in [0.4, 0.5) is 0 Å². The molecular weight excluding hydrogens is 260 g/mol. The van der Waals surface area contributed by atoms with Gasteiger partial charge in [-0.3, -0.25) is 9.67 Å². The van der Waals surface area contributed by atoms with Crippen molar-refractivity contribution in [2.75, 3.05) is 7.05 Å². The van der Waals surface area contributed by atoms with Crippen molar-refractivity contribution in [3.8, 4) is 0 Å². The smallest absolute Gasteiger partial charge is 0.0673 e. The standard InChI is InChI=1S/C17H20N4/c1-4-16-15(11-21(3)20-16)17(18-2)14-10-19-9-12-7-5-6-8-13(12)14/h5-11,17-18H,4H2,1-3H3. The van der Waals surface area contributed by atoms with Crippen LogP contribution in [0.15, 0.2) is 42.9 Å². The Balaban J connectivity index is 2.18. The van der Waals surface area contributed by atoms with Crippen LogP contribution in [0, 0.1) is 0 Å². The van der Waals surface area contributed by atoms with Crippen LogP contribution >= 0.6 is 0 Å². The molecule has 4 nitrogen and oxygen atoms in total. The van der Waals surface area contributed by atoms with Crippen molar-refractivity contribution in [2.24, 2.45) is 7.05 Å². The fraction of sp³-hybridized carbons (Fsp3) is 0.294. The van der Waals surface area contributed by atoms with E-state index in [1.54, 1.807) is 0 Å². The summed E-state index contributed by atoms with van der Waals surface area (Å²) in [6, 6.07) is 8.47. The number of fused-ring (bicyclic) bond motifs is 1. The Bertz CT molecular complexity index is 755. The maximum atomic E-state index is 4.56. The molecule has 108 valence electrons. The van der Waals surface area contributed by atoms with Crippen LogP contribution < -0.4 is 5.32 Å². The summed E-state index contributed by atoms with van der Waals surface area (Å²) in [5.74, 6) is 0. The molecule has 21 heavy (non-hydrogen) atoms. The number of hydrogen-bond donors (Lipinski definition) is 1. The molecule has 0 saturated heterocycles. The molecule has 0 amide bonds. The predicted molar refractivity (Wildman–Crippen MR) is 85.2 cm³/mol. The Kier molecular flexibility index (Phi) is 3.71. The molecule has 0 aliphatic heterocycles. The van der Waals surface area contributed by atoms with E-state index in [-0.39, 0.29) is 6.04 Å². The maximum absolute atomic E-state index is 4.56. The van der Waals surface area contributed by atoms with E-state index in [1.165, 1.54) is 16.5 Å². The van der Waals surface area contributed by atoms with Gasteiger partial charge < -0.3 is 5.32 Å².